The van der Waals surface area contributed by atoms with E-state index in [1.807, 2.05) is 32.9 Å². The maximum absolute atomic E-state index is 13.2. The summed E-state index contributed by atoms with van der Waals surface area (Å²) in [6, 6.07) is 16.6. The Hall–Kier alpha value is -4.44. The topological polar surface area (TPSA) is 117 Å². The van der Waals surface area contributed by atoms with Crippen LogP contribution in [0.25, 0.3) is 11.3 Å². The Morgan fingerprint density at radius 2 is 1.63 bits per heavy atom. The third kappa shape index (κ3) is 5.60. The Morgan fingerprint density at radius 3 is 2.26 bits per heavy atom. The molecule has 4 rings (SSSR count). The molecule has 1 amide bonds. The highest BCUT2D eigenvalue weighted by atomic mass is 32.2. The minimum atomic E-state index is -4.23. The van der Waals surface area contributed by atoms with Crippen molar-refractivity contribution >= 4 is 15.9 Å². The van der Waals surface area contributed by atoms with Crippen LogP contribution in [0.5, 0.6) is 23.1 Å². The van der Waals surface area contributed by atoms with Crippen molar-refractivity contribution in [3.05, 3.63) is 89.1 Å². The SMILES string of the molecule is COc1ccc(-c2ccc(C(=O)NS(=O)(=O)c3ccccn3)c(Oc3c(C)cc(C)cc3C)n2)c(OC)c1. The van der Waals surface area contributed by atoms with Gasteiger partial charge in [-0.05, 0) is 68.3 Å². The predicted molar refractivity (Wildman–Crippen MR) is 142 cm³/mol. The number of carbonyl (C=O) groups excluding carboxylic acids is 1. The molecule has 0 aliphatic carbocycles. The van der Waals surface area contributed by atoms with E-state index in [2.05, 4.69) is 14.7 Å². The first-order valence-corrected chi connectivity index (χ1v) is 13.1. The van der Waals surface area contributed by atoms with Crippen LogP contribution in [-0.4, -0.2) is 38.5 Å². The van der Waals surface area contributed by atoms with Crippen molar-refractivity contribution in [3.63, 3.8) is 0 Å². The van der Waals surface area contributed by atoms with E-state index < -0.39 is 15.9 Å². The molecule has 10 heteroatoms. The fourth-order valence-electron chi connectivity index (χ4n) is 4.01. The Labute approximate surface area is 221 Å². The Bertz CT molecular complexity index is 1580. The quantitative estimate of drug-likeness (QED) is 0.336. The lowest BCUT2D eigenvalue weighted by Crippen LogP contribution is -2.31. The molecule has 0 aliphatic rings. The van der Waals surface area contributed by atoms with Gasteiger partial charge in [-0.1, -0.05) is 23.8 Å². The molecule has 4 aromatic rings. The number of nitrogens with zero attached hydrogens (tertiary/aromatic N) is 2. The molecule has 0 fully saturated rings. The number of ether oxygens (including phenoxy) is 3. The Kier molecular flexibility index (Phi) is 7.63. The van der Waals surface area contributed by atoms with Gasteiger partial charge in [-0.3, -0.25) is 4.79 Å². The van der Waals surface area contributed by atoms with Crippen molar-refractivity contribution in [1.29, 1.82) is 0 Å². The summed E-state index contributed by atoms with van der Waals surface area (Å²) in [5, 5.41) is -0.284. The van der Waals surface area contributed by atoms with Crippen molar-refractivity contribution in [3.8, 4) is 34.4 Å². The summed E-state index contributed by atoms with van der Waals surface area (Å²) in [6.07, 6.45) is 1.33. The van der Waals surface area contributed by atoms with Crippen LogP contribution >= 0.6 is 0 Å². The first kappa shape index (κ1) is 26.6. The minimum Gasteiger partial charge on any atom is -0.497 e. The molecule has 2 aromatic carbocycles. The molecular weight excluding hydrogens is 506 g/mol. The summed E-state index contributed by atoms with van der Waals surface area (Å²) in [7, 11) is -1.15. The van der Waals surface area contributed by atoms with Gasteiger partial charge in [0.2, 0.25) is 5.88 Å². The second-order valence-corrected chi connectivity index (χ2v) is 10.2. The molecule has 9 nitrogen and oxygen atoms in total. The summed E-state index contributed by atoms with van der Waals surface area (Å²) >= 11 is 0. The second-order valence-electron chi connectivity index (χ2n) is 8.55. The van der Waals surface area contributed by atoms with Crippen LogP contribution in [0, 0.1) is 20.8 Å². The van der Waals surface area contributed by atoms with Crippen molar-refractivity contribution < 1.29 is 27.4 Å². The van der Waals surface area contributed by atoms with Crippen LogP contribution in [0.1, 0.15) is 27.0 Å². The molecular formula is C28H27N3O6S. The number of pyridine rings is 2. The van der Waals surface area contributed by atoms with Crippen LogP contribution in [0.3, 0.4) is 0 Å². The molecule has 1 N–H and O–H groups in total. The fraction of sp³-hybridized carbons (Fsp3) is 0.179. The number of carbonyl (C=O) groups is 1. The molecule has 0 unspecified atom stereocenters. The minimum absolute atomic E-state index is 0.0656. The molecule has 0 spiro atoms. The van der Waals surface area contributed by atoms with Gasteiger partial charge in [0, 0.05) is 17.8 Å². The fourth-order valence-corrected chi connectivity index (χ4v) is 4.93. The molecule has 0 saturated heterocycles. The van der Waals surface area contributed by atoms with Crippen LogP contribution in [0.2, 0.25) is 0 Å². The van der Waals surface area contributed by atoms with Gasteiger partial charge in [0.1, 0.15) is 22.8 Å². The number of sulfonamides is 1. The highest BCUT2D eigenvalue weighted by Crippen LogP contribution is 2.36. The maximum atomic E-state index is 13.2. The zero-order valence-electron chi connectivity index (χ0n) is 21.6. The van der Waals surface area contributed by atoms with Gasteiger partial charge in [-0.2, -0.15) is 8.42 Å². The summed E-state index contributed by atoms with van der Waals surface area (Å²) in [5.41, 5.74) is 3.74. The lowest BCUT2D eigenvalue weighted by molar-refractivity contribution is 0.0978. The number of benzene rings is 2. The van der Waals surface area contributed by atoms with E-state index in [0.717, 1.165) is 16.7 Å². The van der Waals surface area contributed by atoms with Gasteiger partial charge in [-0.15, -0.1) is 0 Å². The number of methoxy groups -OCH3 is 2. The van der Waals surface area contributed by atoms with Crippen molar-refractivity contribution in [2.45, 2.75) is 25.8 Å². The molecule has 38 heavy (non-hydrogen) atoms. The molecule has 0 atom stereocenters. The van der Waals surface area contributed by atoms with E-state index in [-0.39, 0.29) is 16.5 Å². The van der Waals surface area contributed by atoms with Gasteiger partial charge in [0.15, 0.2) is 5.03 Å². The number of nitrogens with one attached hydrogen (secondary N) is 1. The van der Waals surface area contributed by atoms with Crippen LogP contribution < -0.4 is 18.9 Å². The summed E-state index contributed by atoms with van der Waals surface area (Å²) in [4.78, 5) is 21.7. The maximum Gasteiger partial charge on any atom is 0.281 e. The lowest BCUT2D eigenvalue weighted by atomic mass is 10.1. The summed E-state index contributed by atoms with van der Waals surface area (Å²) in [5.74, 6) is 0.644. The van der Waals surface area contributed by atoms with Crippen LogP contribution in [0.15, 0.2) is 71.9 Å². The smallest absolute Gasteiger partial charge is 0.281 e. The highest BCUT2D eigenvalue weighted by Gasteiger charge is 2.25. The number of amides is 1. The molecule has 0 bridgehead atoms. The largest absolute Gasteiger partial charge is 0.497 e. The van der Waals surface area contributed by atoms with E-state index in [1.54, 1.807) is 37.4 Å². The zero-order chi connectivity index (χ0) is 27.4. The standard InChI is InChI=1S/C28H27N3O6S/c1-17-14-18(2)26(19(3)15-17)37-28-22(27(32)31-38(33,34)25-8-6-7-13-29-25)11-12-23(30-28)21-10-9-20(35-4)16-24(21)36-5/h6-16H,1-5H3,(H,31,32). The third-order valence-corrected chi connectivity index (χ3v) is 6.98. The van der Waals surface area contributed by atoms with E-state index in [1.165, 1.54) is 31.5 Å². The van der Waals surface area contributed by atoms with E-state index >= 15 is 0 Å². The molecule has 196 valence electrons. The lowest BCUT2D eigenvalue weighted by Gasteiger charge is -2.16. The van der Waals surface area contributed by atoms with Crippen LogP contribution in [0.4, 0.5) is 0 Å². The number of hydrogen-bond donors (Lipinski definition) is 1. The first-order valence-electron chi connectivity index (χ1n) is 11.6. The van der Waals surface area contributed by atoms with Gasteiger partial charge >= 0.3 is 0 Å². The number of hydrogen-bond acceptors (Lipinski definition) is 8. The first-order chi connectivity index (χ1) is 18.1. The second kappa shape index (κ2) is 10.9. The number of aromatic nitrogens is 2. The third-order valence-electron chi connectivity index (χ3n) is 5.73. The molecule has 2 aromatic heterocycles. The normalized spacial score (nSPS) is 11.1. The molecule has 2 heterocycles. The average Bonchev–Trinajstić information content (AvgIpc) is 2.90. The monoisotopic (exact) mass is 533 g/mol. The van der Waals surface area contributed by atoms with Crippen LogP contribution in [-0.2, 0) is 10.0 Å². The molecule has 0 radical (unpaired) electrons. The highest BCUT2D eigenvalue weighted by molar-refractivity contribution is 7.90. The Morgan fingerprint density at radius 1 is 0.895 bits per heavy atom. The molecule has 0 aliphatic heterocycles. The summed E-state index contributed by atoms with van der Waals surface area (Å²) < 4.78 is 44.6. The van der Waals surface area contributed by atoms with Crippen molar-refractivity contribution in [1.82, 2.24) is 14.7 Å². The number of aryl methyl sites for hydroxylation is 3. The van der Waals surface area contributed by atoms with Gasteiger partial charge in [-0.25, -0.2) is 14.7 Å². The predicted octanol–water partition coefficient (Wildman–Crippen LogP) is 5.00. The average molecular weight is 534 g/mol. The van der Waals surface area contributed by atoms with E-state index in [4.69, 9.17) is 14.2 Å². The van der Waals surface area contributed by atoms with E-state index in [0.29, 0.717) is 28.5 Å². The van der Waals surface area contributed by atoms with Crippen molar-refractivity contribution in [2.75, 3.05) is 14.2 Å². The number of rotatable bonds is 8. The Balaban J connectivity index is 1.81. The zero-order valence-corrected chi connectivity index (χ0v) is 22.4. The van der Waals surface area contributed by atoms with E-state index in [9.17, 15) is 13.2 Å². The van der Waals surface area contributed by atoms with Gasteiger partial charge in [0.05, 0.1) is 19.9 Å². The van der Waals surface area contributed by atoms with Crippen molar-refractivity contribution in [2.24, 2.45) is 0 Å². The van der Waals surface area contributed by atoms with Gasteiger partial charge < -0.3 is 14.2 Å². The summed E-state index contributed by atoms with van der Waals surface area (Å²) in [6.45, 7) is 5.74. The van der Waals surface area contributed by atoms with Gasteiger partial charge in [0.25, 0.3) is 15.9 Å². The molecule has 0 saturated carbocycles.